The number of amides is 1. The van der Waals surface area contributed by atoms with Crippen LogP contribution in [0.5, 0.6) is 0 Å². The van der Waals surface area contributed by atoms with Crippen LogP contribution in [0.2, 0.25) is 0 Å². The zero-order valence-electron chi connectivity index (χ0n) is 17.1. The molecule has 4 rings (SSSR count). The van der Waals surface area contributed by atoms with E-state index in [0.29, 0.717) is 24.4 Å². The molecule has 7 heteroatoms. The minimum Gasteiger partial charge on any atom is -0.466 e. The Morgan fingerprint density at radius 2 is 1.61 bits per heavy atom. The van der Waals surface area contributed by atoms with E-state index in [2.05, 4.69) is 20.9 Å². The molecule has 1 amide bonds. The normalized spacial score (nSPS) is 17.9. The van der Waals surface area contributed by atoms with Gasteiger partial charge in [0.1, 0.15) is 17.3 Å². The minimum atomic E-state index is 0.0492. The van der Waals surface area contributed by atoms with Crippen LogP contribution < -0.4 is 9.80 Å². The second-order valence-corrected chi connectivity index (χ2v) is 7.82. The predicted molar refractivity (Wildman–Crippen MR) is 109 cm³/mol. The third kappa shape index (κ3) is 3.84. The van der Waals surface area contributed by atoms with E-state index in [1.807, 2.05) is 31.7 Å². The largest absolute Gasteiger partial charge is 0.466 e. The minimum absolute atomic E-state index is 0.0492. The van der Waals surface area contributed by atoms with Gasteiger partial charge in [-0.2, -0.15) is 4.98 Å². The molecule has 2 fully saturated rings. The van der Waals surface area contributed by atoms with Gasteiger partial charge in [-0.15, -0.1) is 0 Å². The highest BCUT2D eigenvalue weighted by molar-refractivity contribution is 5.95. The number of piperidine rings is 1. The van der Waals surface area contributed by atoms with Crippen LogP contribution in [0.15, 0.2) is 16.5 Å². The van der Waals surface area contributed by atoms with Gasteiger partial charge >= 0.3 is 0 Å². The number of aromatic nitrogens is 2. The van der Waals surface area contributed by atoms with Crippen molar-refractivity contribution in [3.63, 3.8) is 0 Å². The van der Waals surface area contributed by atoms with Crippen molar-refractivity contribution < 1.29 is 9.21 Å². The van der Waals surface area contributed by atoms with Gasteiger partial charge < -0.3 is 19.1 Å². The highest BCUT2D eigenvalue weighted by Crippen LogP contribution is 2.23. The first kappa shape index (κ1) is 18.8. The molecule has 7 nitrogen and oxygen atoms in total. The van der Waals surface area contributed by atoms with Crippen molar-refractivity contribution in [2.24, 2.45) is 0 Å². The van der Waals surface area contributed by atoms with E-state index in [4.69, 9.17) is 9.40 Å². The smallest absolute Gasteiger partial charge is 0.257 e. The van der Waals surface area contributed by atoms with Crippen molar-refractivity contribution in [2.45, 2.75) is 40.0 Å². The number of carbonyl (C=O) groups is 1. The molecule has 0 atom stereocenters. The summed E-state index contributed by atoms with van der Waals surface area (Å²) < 4.78 is 5.52. The lowest BCUT2D eigenvalue weighted by Gasteiger charge is -2.35. The van der Waals surface area contributed by atoms with Crippen molar-refractivity contribution in [3.8, 4) is 0 Å². The number of furan rings is 1. The Morgan fingerprint density at radius 3 is 2.25 bits per heavy atom. The van der Waals surface area contributed by atoms with Crippen molar-refractivity contribution >= 4 is 17.7 Å². The molecule has 2 aliphatic heterocycles. The molecule has 2 aromatic heterocycles. The van der Waals surface area contributed by atoms with Gasteiger partial charge in [-0.1, -0.05) is 0 Å². The highest BCUT2D eigenvalue weighted by atomic mass is 16.3. The number of piperazine rings is 1. The third-order valence-electron chi connectivity index (χ3n) is 5.63. The highest BCUT2D eigenvalue weighted by Gasteiger charge is 2.26. The summed E-state index contributed by atoms with van der Waals surface area (Å²) in [6, 6.07) is 3.91. The maximum atomic E-state index is 12.8. The van der Waals surface area contributed by atoms with Crippen LogP contribution in [0.3, 0.4) is 0 Å². The van der Waals surface area contributed by atoms with Gasteiger partial charge in [0.15, 0.2) is 0 Å². The van der Waals surface area contributed by atoms with Crippen LogP contribution in [-0.2, 0) is 0 Å². The maximum Gasteiger partial charge on any atom is 0.257 e. The Morgan fingerprint density at radius 1 is 0.893 bits per heavy atom. The molecular formula is C21H29N5O2. The van der Waals surface area contributed by atoms with E-state index in [-0.39, 0.29) is 5.91 Å². The SMILES string of the molecule is Cc1cc(N2CCCCC2)nc(N2CCN(C(=O)c3cc(C)oc3C)CC2)n1. The Kier molecular flexibility index (Phi) is 5.24. The first-order chi connectivity index (χ1) is 13.5. The molecule has 0 unspecified atom stereocenters. The van der Waals surface area contributed by atoms with E-state index in [1.54, 1.807) is 0 Å². The Hall–Kier alpha value is -2.57. The lowest BCUT2D eigenvalue weighted by Crippen LogP contribution is -2.49. The zero-order chi connectivity index (χ0) is 19.7. The van der Waals surface area contributed by atoms with Crippen LogP contribution in [0, 0.1) is 20.8 Å². The summed E-state index contributed by atoms with van der Waals surface area (Å²) in [7, 11) is 0. The van der Waals surface area contributed by atoms with E-state index < -0.39 is 0 Å². The number of rotatable bonds is 3. The van der Waals surface area contributed by atoms with Gasteiger partial charge in [-0.25, -0.2) is 4.98 Å². The van der Waals surface area contributed by atoms with Crippen LogP contribution >= 0.6 is 0 Å². The average Bonchev–Trinajstić information content (AvgIpc) is 3.06. The van der Waals surface area contributed by atoms with Gasteiger partial charge in [-0.3, -0.25) is 4.79 Å². The molecular weight excluding hydrogens is 354 g/mol. The Labute approximate surface area is 166 Å². The summed E-state index contributed by atoms with van der Waals surface area (Å²) >= 11 is 0. The van der Waals surface area contributed by atoms with E-state index in [9.17, 15) is 4.79 Å². The summed E-state index contributed by atoms with van der Waals surface area (Å²) in [6.07, 6.45) is 3.76. The monoisotopic (exact) mass is 383 g/mol. The average molecular weight is 383 g/mol. The molecule has 0 N–H and O–H groups in total. The van der Waals surface area contributed by atoms with Crippen LogP contribution in [-0.4, -0.2) is 60.0 Å². The number of carbonyl (C=O) groups excluding carboxylic acids is 1. The Bertz CT molecular complexity index is 848. The summed E-state index contributed by atoms with van der Waals surface area (Å²) in [6.45, 7) is 10.7. The van der Waals surface area contributed by atoms with Gasteiger partial charge in [0.2, 0.25) is 5.95 Å². The number of hydrogen-bond donors (Lipinski definition) is 0. The molecule has 0 aliphatic carbocycles. The maximum absolute atomic E-state index is 12.8. The van der Waals surface area contributed by atoms with E-state index in [1.165, 1.54) is 19.3 Å². The first-order valence-corrected chi connectivity index (χ1v) is 10.2. The van der Waals surface area contributed by atoms with E-state index >= 15 is 0 Å². The summed E-state index contributed by atoms with van der Waals surface area (Å²) in [4.78, 5) is 28.8. The molecule has 0 spiro atoms. The molecule has 2 aromatic rings. The van der Waals surface area contributed by atoms with Crippen molar-refractivity contribution in [1.82, 2.24) is 14.9 Å². The molecule has 150 valence electrons. The van der Waals surface area contributed by atoms with Gasteiger partial charge in [0.05, 0.1) is 5.56 Å². The van der Waals surface area contributed by atoms with Gasteiger partial charge in [-0.05, 0) is 46.1 Å². The van der Waals surface area contributed by atoms with Crippen molar-refractivity contribution in [3.05, 3.63) is 34.9 Å². The first-order valence-electron chi connectivity index (χ1n) is 10.2. The molecule has 0 saturated carbocycles. The molecule has 0 aromatic carbocycles. The quantitative estimate of drug-likeness (QED) is 0.812. The van der Waals surface area contributed by atoms with Crippen LogP contribution in [0.4, 0.5) is 11.8 Å². The van der Waals surface area contributed by atoms with Gasteiger partial charge in [0.25, 0.3) is 5.91 Å². The summed E-state index contributed by atoms with van der Waals surface area (Å²) in [5.41, 5.74) is 1.67. The third-order valence-corrected chi connectivity index (χ3v) is 5.63. The molecule has 0 radical (unpaired) electrons. The summed E-state index contributed by atoms with van der Waals surface area (Å²) in [5.74, 6) is 3.33. The molecule has 4 heterocycles. The fourth-order valence-corrected chi connectivity index (χ4v) is 4.09. The fraction of sp³-hybridized carbons (Fsp3) is 0.571. The van der Waals surface area contributed by atoms with Crippen LogP contribution in [0.1, 0.15) is 46.8 Å². The lowest BCUT2D eigenvalue weighted by molar-refractivity contribution is 0.0744. The number of hydrogen-bond acceptors (Lipinski definition) is 6. The molecule has 2 aliphatic rings. The zero-order valence-corrected chi connectivity index (χ0v) is 17.1. The van der Waals surface area contributed by atoms with Gasteiger partial charge in [0, 0.05) is 51.0 Å². The standard InChI is InChI=1S/C21H29N5O2/c1-15-13-19(24-7-5-4-6-8-24)23-21(22-15)26-11-9-25(10-12-26)20(27)18-14-16(2)28-17(18)3/h13-14H,4-12H2,1-3H3. The lowest BCUT2D eigenvalue weighted by atomic mass is 10.1. The molecule has 28 heavy (non-hydrogen) atoms. The van der Waals surface area contributed by atoms with Crippen molar-refractivity contribution in [1.29, 1.82) is 0 Å². The Balaban J connectivity index is 1.44. The molecule has 0 bridgehead atoms. The topological polar surface area (TPSA) is 65.7 Å². The number of anilines is 2. The summed E-state index contributed by atoms with van der Waals surface area (Å²) in [5, 5.41) is 0. The van der Waals surface area contributed by atoms with Crippen molar-refractivity contribution in [2.75, 3.05) is 49.1 Å². The predicted octanol–water partition coefficient (Wildman–Crippen LogP) is 2.95. The number of nitrogens with zero attached hydrogens (tertiary/aromatic N) is 5. The second-order valence-electron chi connectivity index (χ2n) is 7.82. The van der Waals surface area contributed by atoms with Crippen LogP contribution in [0.25, 0.3) is 0 Å². The fourth-order valence-electron chi connectivity index (χ4n) is 4.09. The van der Waals surface area contributed by atoms with E-state index in [0.717, 1.165) is 49.4 Å². The number of aryl methyl sites for hydroxylation is 3. The second kappa shape index (κ2) is 7.81. The molecule has 2 saturated heterocycles.